The van der Waals surface area contributed by atoms with Gasteiger partial charge in [0.1, 0.15) is 0 Å². The Kier molecular flexibility index (Phi) is 3.50. The Bertz CT molecular complexity index is 824. The van der Waals surface area contributed by atoms with Gasteiger partial charge in [-0.2, -0.15) is 5.10 Å². The standard InChI is InChI=1S/C16H17N5O/c1-9(2)21-15-12-5-10(11-6-19-20-7-11)3-4-14(12)18-8-13(15)16(17)22/h3-9H,1-2H3,(H2,17,22)(H,18,21)(H,19,20). The first-order valence-electron chi connectivity index (χ1n) is 7.04. The van der Waals surface area contributed by atoms with Crippen molar-refractivity contribution in [2.24, 2.45) is 5.73 Å². The number of aromatic amines is 1. The lowest BCUT2D eigenvalue weighted by Gasteiger charge is -2.16. The van der Waals surface area contributed by atoms with Crippen molar-refractivity contribution in [3.8, 4) is 11.1 Å². The largest absolute Gasteiger partial charge is 0.382 e. The summed E-state index contributed by atoms with van der Waals surface area (Å²) in [6.45, 7) is 4.02. The van der Waals surface area contributed by atoms with Crippen LogP contribution in [0.1, 0.15) is 24.2 Å². The molecule has 4 N–H and O–H groups in total. The first-order chi connectivity index (χ1) is 10.6. The molecule has 3 aromatic rings. The highest BCUT2D eigenvalue weighted by atomic mass is 16.1. The maximum absolute atomic E-state index is 11.7. The fourth-order valence-corrected chi connectivity index (χ4v) is 2.41. The van der Waals surface area contributed by atoms with E-state index in [4.69, 9.17) is 5.73 Å². The van der Waals surface area contributed by atoms with Gasteiger partial charge in [-0.05, 0) is 31.5 Å². The highest BCUT2D eigenvalue weighted by Crippen LogP contribution is 2.30. The van der Waals surface area contributed by atoms with Crippen LogP contribution in [0.2, 0.25) is 0 Å². The first-order valence-corrected chi connectivity index (χ1v) is 7.04. The van der Waals surface area contributed by atoms with Crippen molar-refractivity contribution in [2.75, 3.05) is 5.32 Å². The van der Waals surface area contributed by atoms with Crippen molar-refractivity contribution in [1.82, 2.24) is 15.2 Å². The average molecular weight is 295 g/mol. The molecule has 0 aliphatic carbocycles. The Morgan fingerprint density at radius 1 is 1.27 bits per heavy atom. The highest BCUT2D eigenvalue weighted by Gasteiger charge is 2.14. The maximum atomic E-state index is 11.7. The number of carbonyl (C=O) groups is 1. The van der Waals surface area contributed by atoms with E-state index in [1.807, 2.05) is 38.2 Å². The van der Waals surface area contributed by atoms with E-state index < -0.39 is 5.91 Å². The summed E-state index contributed by atoms with van der Waals surface area (Å²) in [5.74, 6) is -0.494. The zero-order valence-corrected chi connectivity index (χ0v) is 12.4. The number of H-pyrrole nitrogens is 1. The Morgan fingerprint density at radius 2 is 2.09 bits per heavy atom. The molecule has 0 radical (unpaired) electrons. The normalized spacial score (nSPS) is 11.0. The molecule has 0 aliphatic heterocycles. The molecular weight excluding hydrogens is 278 g/mol. The smallest absolute Gasteiger partial charge is 0.252 e. The third-order valence-corrected chi connectivity index (χ3v) is 3.40. The number of amides is 1. The number of hydrogen-bond donors (Lipinski definition) is 3. The van der Waals surface area contributed by atoms with Gasteiger partial charge in [0.25, 0.3) is 5.91 Å². The number of anilines is 1. The number of pyridine rings is 1. The Hall–Kier alpha value is -2.89. The van der Waals surface area contributed by atoms with E-state index in [-0.39, 0.29) is 6.04 Å². The molecule has 1 amide bonds. The van der Waals surface area contributed by atoms with E-state index in [0.29, 0.717) is 5.56 Å². The van der Waals surface area contributed by atoms with Crippen LogP contribution in [0.25, 0.3) is 22.0 Å². The van der Waals surface area contributed by atoms with Crippen LogP contribution in [-0.4, -0.2) is 27.1 Å². The van der Waals surface area contributed by atoms with Crippen LogP contribution in [0.5, 0.6) is 0 Å². The molecule has 0 aliphatic rings. The topological polar surface area (TPSA) is 96.7 Å². The number of nitrogens with zero attached hydrogens (tertiary/aromatic N) is 2. The molecule has 2 aromatic heterocycles. The third kappa shape index (κ3) is 2.50. The minimum absolute atomic E-state index is 0.168. The second kappa shape index (κ2) is 5.48. The van der Waals surface area contributed by atoms with Gasteiger partial charge in [0.15, 0.2) is 0 Å². The van der Waals surface area contributed by atoms with Gasteiger partial charge in [-0.3, -0.25) is 14.9 Å². The summed E-state index contributed by atoms with van der Waals surface area (Å²) in [7, 11) is 0. The molecule has 0 fully saturated rings. The van der Waals surface area contributed by atoms with Gasteiger partial charge in [0, 0.05) is 29.4 Å². The Labute approximate surface area is 127 Å². The Morgan fingerprint density at radius 3 is 2.73 bits per heavy atom. The molecule has 6 heteroatoms. The van der Waals surface area contributed by atoms with Crippen LogP contribution in [0.4, 0.5) is 5.69 Å². The van der Waals surface area contributed by atoms with E-state index in [1.165, 1.54) is 6.20 Å². The molecular formula is C16H17N5O. The van der Waals surface area contributed by atoms with E-state index in [0.717, 1.165) is 27.7 Å². The number of carbonyl (C=O) groups excluding carboxylic acids is 1. The lowest BCUT2D eigenvalue weighted by atomic mass is 10.0. The summed E-state index contributed by atoms with van der Waals surface area (Å²) in [6, 6.07) is 6.06. The predicted molar refractivity (Wildman–Crippen MR) is 86.6 cm³/mol. The van der Waals surface area contributed by atoms with E-state index in [1.54, 1.807) is 6.20 Å². The average Bonchev–Trinajstić information content (AvgIpc) is 3.00. The summed E-state index contributed by atoms with van der Waals surface area (Å²) in [4.78, 5) is 16.0. The van der Waals surface area contributed by atoms with Crippen molar-refractivity contribution in [1.29, 1.82) is 0 Å². The molecule has 2 heterocycles. The van der Waals surface area contributed by atoms with Crippen molar-refractivity contribution in [2.45, 2.75) is 19.9 Å². The lowest BCUT2D eigenvalue weighted by Crippen LogP contribution is -2.18. The van der Waals surface area contributed by atoms with Gasteiger partial charge in [-0.25, -0.2) is 0 Å². The summed E-state index contributed by atoms with van der Waals surface area (Å²) in [6.07, 6.45) is 5.09. The Balaban J connectivity index is 2.25. The number of rotatable bonds is 4. The van der Waals surface area contributed by atoms with Crippen LogP contribution < -0.4 is 11.1 Å². The third-order valence-electron chi connectivity index (χ3n) is 3.40. The number of primary amides is 1. The molecule has 112 valence electrons. The number of benzene rings is 1. The zero-order chi connectivity index (χ0) is 15.7. The SMILES string of the molecule is CC(C)Nc1c(C(N)=O)cnc2ccc(-c3cn[nH]c3)cc12. The van der Waals surface area contributed by atoms with E-state index in [9.17, 15) is 4.79 Å². The van der Waals surface area contributed by atoms with E-state index >= 15 is 0 Å². The van der Waals surface area contributed by atoms with Gasteiger partial charge < -0.3 is 11.1 Å². The molecule has 0 saturated carbocycles. The van der Waals surface area contributed by atoms with Gasteiger partial charge in [0.05, 0.1) is 23.0 Å². The molecule has 22 heavy (non-hydrogen) atoms. The number of aromatic nitrogens is 3. The minimum atomic E-state index is -0.494. The molecule has 1 aromatic carbocycles. The summed E-state index contributed by atoms with van der Waals surface area (Å²) in [5, 5.41) is 10.9. The molecule has 3 rings (SSSR count). The summed E-state index contributed by atoms with van der Waals surface area (Å²) < 4.78 is 0. The van der Waals surface area contributed by atoms with Gasteiger partial charge >= 0.3 is 0 Å². The minimum Gasteiger partial charge on any atom is -0.382 e. The van der Waals surface area contributed by atoms with Gasteiger partial charge in [-0.1, -0.05) is 6.07 Å². The fraction of sp³-hybridized carbons (Fsp3) is 0.188. The second-order valence-corrected chi connectivity index (χ2v) is 5.43. The number of nitrogens with two attached hydrogens (primary N) is 1. The first kappa shape index (κ1) is 14.1. The summed E-state index contributed by atoms with van der Waals surface area (Å²) >= 11 is 0. The summed E-state index contributed by atoms with van der Waals surface area (Å²) in [5.41, 5.74) is 9.37. The van der Waals surface area contributed by atoms with Crippen LogP contribution >= 0.6 is 0 Å². The number of hydrogen-bond acceptors (Lipinski definition) is 4. The van der Waals surface area contributed by atoms with Crippen LogP contribution in [0.3, 0.4) is 0 Å². The quantitative estimate of drug-likeness (QED) is 0.689. The molecule has 0 bridgehead atoms. The number of fused-ring (bicyclic) bond motifs is 1. The molecule has 0 spiro atoms. The van der Waals surface area contributed by atoms with Crippen molar-refractivity contribution >= 4 is 22.5 Å². The fourth-order valence-electron chi connectivity index (χ4n) is 2.41. The molecule has 0 saturated heterocycles. The monoisotopic (exact) mass is 295 g/mol. The zero-order valence-electron chi connectivity index (χ0n) is 12.4. The molecule has 0 unspecified atom stereocenters. The van der Waals surface area contributed by atoms with Crippen LogP contribution in [0.15, 0.2) is 36.8 Å². The molecule has 6 nitrogen and oxygen atoms in total. The van der Waals surface area contributed by atoms with Crippen LogP contribution in [0, 0.1) is 0 Å². The predicted octanol–water partition coefficient (Wildman–Crippen LogP) is 2.54. The second-order valence-electron chi connectivity index (χ2n) is 5.43. The lowest BCUT2D eigenvalue weighted by molar-refractivity contribution is 0.100. The van der Waals surface area contributed by atoms with Crippen molar-refractivity contribution < 1.29 is 4.79 Å². The van der Waals surface area contributed by atoms with Crippen LogP contribution in [-0.2, 0) is 0 Å². The van der Waals surface area contributed by atoms with Gasteiger partial charge in [-0.15, -0.1) is 0 Å². The van der Waals surface area contributed by atoms with Crippen molar-refractivity contribution in [3.05, 3.63) is 42.4 Å². The van der Waals surface area contributed by atoms with Crippen molar-refractivity contribution in [3.63, 3.8) is 0 Å². The maximum Gasteiger partial charge on any atom is 0.252 e. The van der Waals surface area contributed by atoms with E-state index in [2.05, 4.69) is 20.5 Å². The molecule has 0 atom stereocenters. The van der Waals surface area contributed by atoms with Gasteiger partial charge in [0.2, 0.25) is 0 Å². The highest BCUT2D eigenvalue weighted by molar-refractivity contribution is 6.07. The number of nitrogens with one attached hydrogen (secondary N) is 2.